The van der Waals surface area contributed by atoms with Gasteiger partial charge >= 0.3 is 0 Å². The molecule has 2 aromatic rings. The average Bonchev–Trinajstić information content (AvgIpc) is 3.02. The molecule has 1 atom stereocenters. The van der Waals surface area contributed by atoms with Crippen LogP contribution in [0.2, 0.25) is 0 Å². The van der Waals surface area contributed by atoms with Crippen molar-refractivity contribution in [2.24, 2.45) is 0 Å². The largest absolute Gasteiger partial charge is 0.370 e. The Bertz CT molecular complexity index is 871. The van der Waals surface area contributed by atoms with Crippen LogP contribution in [0.15, 0.2) is 49.1 Å². The fraction of sp³-hybridized carbons (Fsp3) is 0.520. The molecule has 1 aliphatic carbocycles. The Morgan fingerprint density at radius 3 is 2.28 bits per heavy atom. The number of hydrogen-bond donors (Lipinski definition) is 0. The summed E-state index contributed by atoms with van der Waals surface area (Å²) in [5.74, 6) is 0.0438. The molecule has 32 heavy (non-hydrogen) atoms. The van der Waals surface area contributed by atoms with E-state index in [4.69, 9.17) is 4.74 Å². The molecule has 0 aromatic carbocycles. The molecule has 170 valence electrons. The van der Waals surface area contributed by atoms with Crippen molar-refractivity contribution in [1.29, 1.82) is 0 Å². The first-order valence-electron chi connectivity index (χ1n) is 11.7. The number of pyridine rings is 2. The van der Waals surface area contributed by atoms with Gasteiger partial charge in [0.05, 0.1) is 19.3 Å². The quantitative estimate of drug-likeness (QED) is 0.667. The number of nitrogens with zero attached hydrogens (tertiary/aromatic N) is 4. The number of hydrogen-bond acceptors (Lipinski definition) is 5. The molecule has 1 saturated heterocycles. The zero-order valence-electron chi connectivity index (χ0n) is 18.6. The molecule has 0 bridgehead atoms. The summed E-state index contributed by atoms with van der Waals surface area (Å²) in [5, 5.41) is 0. The van der Waals surface area contributed by atoms with Gasteiger partial charge in [0.2, 0.25) is 11.8 Å². The van der Waals surface area contributed by atoms with E-state index in [2.05, 4.69) is 9.97 Å². The highest BCUT2D eigenvalue weighted by Gasteiger charge is 2.34. The van der Waals surface area contributed by atoms with Gasteiger partial charge in [0.1, 0.15) is 0 Å². The van der Waals surface area contributed by atoms with Crippen LogP contribution in [0.4, 0.5) is 0 Å². The molecule has 0 N–H and O–H groups in total. The molecule has 4 rings (SSSR count). The van der Waals surface area contributed by atoms with Gasteiger partial charge in [0.15, 0.2) is 0 Å². The lowest BCUT2D eigenvalue weighted by Gasteiger charge is -2.34. The second-order valence-corrected chi connectivity index (χ2v) is 8.76. The van der Waals surface area contributed by atoms with Gasteiger partial charge in [-0.05, 0) is 54.7 Å². The second-order valence-electron chi connectivity index (χ2n) is 8.76. The SMILES string of the molecule is O=C(CCc1ccncc1)N1CC(=O)N(C2CCCCC2)CC(OCc2ccncc2)C1. The third kappa shape index (κ3) is 6.13. The van der Waals surface area contributed by atoms with Crippen molar-refractivity contribution in [3.63, 3.8) is 0 Å². The summed E-state index contributed by atoms with van der Waals surface area (Å²) in [4.78, 5) is 38.0. The normalized spacial score (nSPS) is 20.2. The first kappa shape index (κ1) is 22.4. The van der Waals surface area contributed by atoms with Gasteiger partial charge in [0.25, 0.3) is 0 Å². The first-order valence-corrected chi connectivity index (χ1v) is 11.7. The summed E-state index contributed by atoms with van der Waals surface area (Å²) in [6, 6.07) is 7.96. The summed E-state index contributed by atoms with van der Waals surface area (Å²) in [7, 11) is 0. The topological polar surface area (TPSA) is 75.6 Å². The Hall–Kier alpha value is -2.80. The van der Waals surface area contributed by atoms with Crippen LogP contribution in [0.25, 0.3) is 0 Å². The smallest absolute Gasteiger partial charge is 0.242 e. The van der Waals surface area contributed by atoms with Crippen molar-refractivity contribution in [1.82, 2.24) is 19.8 Å². The van der Waals surface area contributed by atoms with Crippen LogP contribution in [0.3, 0.4) is 0 Å². The van der Waals surface area contributed by atoms with Crippen LogP contribution < -0.4 is 0 Å². The van der Waals surface area contributed by atoms with Crippen molar-refractivity contribution in [2.45, 2.75) is 63.7 Å². The van der Waals surface area contributed by atoms with E-state index >= 15 is 0 Å². The van der Waals surface area contributed by atoms with E-state index < -0.39 is 0 Å². The zero-order valence-corrected chi connectivity index (χ0v) is 18.6. The predicted molar refractivity (Wildman–Crippen MR) is 121 cm³/mol. The standard InChI is InChI=1S/C25H32N4O3/c30-24(7-6-20-8-12-26-13-9-20)28-16-23(32-19-21-10-14-27-15-11-21)17-29(25(31)18-28)22-4-2-1-3-5-22/h8-15,22-23H,1-7,16-19H2. The van der Waals surface area contributed by atoms with Crippen LogP contribution in [-0.2, 0) is 27.4 Å². The number of amides is 2. The van der Waals surface area contributed by atoms with Crippen molar-refractivity contribution < 1.29 is 14.3 Å². The third-order valence-electron chi connectivity index (χ3n) is 6.45. The van der Waals surface area contributed by atoms with E-state index in [1.165, 1.54) is 6.42 Å². The highest BCUT2D eigenvalue weighted by atomic mass is 16.5. The number of ether oxygens (including phenoxy) is 1. The molecule has 2 aliphatic rings. The Labute approximate surface area is 189 Å². The van der Waals surface area contributed by atoms with Crippen molar-refractivity contribution in [3.8, 4) is 0 Å². The summed E-state index contributed by atoms with van der Waals surface area (Å²) in [6.45, 7) is 1.57. The Morgan fingerprint density at radius 1 is 0.938 bits per heavy atom. The van der Waals surface area contributed by atoms with Crippen LogP contribution in [0, 0.1) is 0 Å². The summed E-state index contributed by atoms with van der Waals surface area (Å²) < 4.78 is 6.24. The van der Waals surface area contributed by atoms with Crippen molar-refractivity contribution >= 4 is 11.8 Å². The number of aryl methyl sites for hydroxylation is 1. The fourth-order valence-electron chi connectivity index (χ4n) is 4.64. The first-order chi connectivity index (χ1) is 15.7. The highest BCUT2D eigenvalue weighted by molar-refractivity contribution is 5.85. The van der Waals surface area contributed by atoms with Gasteiger partial charge in [0, 0.05) is 50.3 Å². The summed E-state index contributed by atoms with van der Waals surface area (Å²) in [6.07, 6.45) is 13.4. The van der Waals surface area contributed by atoms with E-state index in [9.17, 15) is 9.59 Å². The van der Waals surface area contributed by atoms with Gasteiger partial charge in [-0.25, -0.2) is 0 Å². The van der Waals surface area contributed by atoms with Gasteiger partial charge in [-0.1, -0.05) is 19.3 Å². The Kier molecular flexibility index (Phi) is 7.82. The fourth-order valence-corrected chi connectivity index (χ4v) is 4.64. The Morgan fingerprint density at radius 2 is 1.59 bits per heavy atom. The van der Waals surface area contributed by atoms with Gasteiger partial charge in [-0.2, -0.15) is 0 Å². The highest BCUT2D eigenvalue weighted by Crippen LogP contribution is 2.25. The molecule has 2 aromatic heterocycles. The van der Waals surface area contributed by atoms with E-state index in [1.807, 2.05) is 29.2 Å². The second kappa shape index (κ2) is 11.2. The zero-order chi connectivity index (χ0) is 22.2. The number of rotatable bonds is 7. The van der Waals surface area contributed by atoms with E-state index in [0.29, 0.717) is 32.5 Å². The number of carbonyl (C=O) groups excluding carboxylic acids is 2. The molecule has 0 spiro atoms. The van der Waals surface area contributed by atoms with Gasteiger partial charge in [-0.3, -0.25) is 19.6 Å². The van der Waals surface area contributed by atoms with Crippen LogP contribution in [0.5, 0.6) is 0 Å². The average molecular weight is 437 g/mol. The molecule has 2 fully saturated rings. The molecule has 3 heterocycles. The lowest BCUT2D eigenvalue weighted by atomic mass is 9.94. The van der Waals surface area contributed by atoms with Gasteiger partial charge < -0.3 is 14.5 Å². The van der Waals surface area contributed by atoms with Crippen LogP contribution in [-0.4, -0.2) is 63.4 Å². The molecule has 1 saturated carbocycles. The van der Waals surface area contributed by atoms with E-state index in [0.717, 1.165) is 36.8 Å². The third-order valence-corrected chi connectivity index (χ3v) is 6.45. The number of carbonyl (C=O) groups is 2. The maximum absolute atomic E-state index is 13.2. The molecule has 1 unspecified atom stereocenters. The van der Waals surface area contributed by atoms with Crippen LogP contribution >= 0.6 is 0 Å². The molecule has 1 aliphatic heterocycles. The van der Waals surface area contributed by atoms with Crippen molar-refractivity contribution in [2.75, 3.05) is 19.6 Å². The summed E-state index contributed by atoms with van der Waals surface area (Å²) >= 11 is 0. The summed E-state index contributed by atoms with van der Waals surface area (Å²) in [5.41, 5.74) is 2.11. The minimum Gasteiger partial charge on any atom is -0.370 e. The molecule has 7 nitrogen and oxygen atoms in total. The predicted octanol–water partition coefficient (Wildman–Crippen LogP) is 3.00. The maximum atomic E-state index is 13.2. The molecule has 0 radical (unpaired) electrons. The lowest BCUT2D eigenvalue weighted by Crippen LogP contribution is -2.46. The lowest BCUT2D eigenvalue weighted by molar-refractivity contribution is -0.140. The minimum absolute atomic E-state index is 0.00170. The maximum Gasteiger partial charge on any atom is 0.242 e. The molecule has 7 heteroatoms. The molecule has 2 amide bonds. The van der Waals surface area contributed by atoms with Crippen LogP contribution in [0.1, 0.15) is 49.7 Å². The minimum atomic E-state index is -0.207. The Balaban J connectivity index is 1.44. The van der Waals surface area contributed by atoms with Gasteiger partial charge in [-0.15, -0.1) is 0 Å². The molecular weight excluding hydrogens is 404 g/mol. The van der Waals surface area contributed by atoms with E-state index in [-0.39, 0.29) is 30.5 Å². The van der Waals surface area contributed by atoms with E-state index in [1.54, 1.807) is 29.7 Å². The molecular formula is C25H32N4O3. The van der Waals surface area contributed by atoms with Crippen molar-refractivity contribution in [3.05, 3.63) is 60.2 Å². The monoisotopic (exact) mass is 436 g/mol. The number of aromatic nitrogens is 2.